The summed E-state index contributed by atoms with van der Waals surface area (Å²) in [6, 6.07) is 0.0917. The van der Waals surface area contributed by atoms with Crippen LogP contribution in [-0.4, -0.2) is 68.0 Å². The maximum atomic E-state index is 12.9. The molecule has 3 atom stereocenters. The van der Waals surface area contributed by atoms with E-state index in [0.717, 1.165) is 6.42 Å². The number of rotatable bonds is 2. The number of carbonyl (C=O) groups excluding carboxylic acids is 2. The fourth-order valence-corrected chi connectivity index (χ4v) is 4.53. The lowest BCUT2D eigenvalue weighted by molar-refractivity contribution is -0.137. The first-order valence-corrected chi connectivity index (χ1v) is 8.77. The Morgan fingerprint density at radius 3 is 2.72 bits per heavy atom. The average Bonchev–Trinajstić information content (AvgIpc) is 2.86. The van der Waals surface area contributed by atoms with Crippen LogP contribution in [0, 0.1) is 19.8 Å². The first-order chi connectivity index (χ1) is 11.8. The first kappa shape index (κ1) is 17.8. The van der Waals surface area contributed by atoms with Crippen LogP contribution in [0.15, 0.2) is 6.20 Å². The van der Waals surface area contributed by atoms with E-state index in [1.54, 1.807) is 20.0 Å². The molecule has 1 aromatic heterocycles. The zero-order chi connectivity index (χ0) is 18.4. The van der Waals surface area contributed by atoms with Crippen LogP contribution >= 0.6 is 0 Å². The second-order valence-corrected chi connectivity index (χ2v) is 7.53. The van der Waals surface area contributed by atoms with Crippen LogP contribution in [0.2, 0.25) is 0 Å². The van der Waals surface area contributed by atoms with Crippen molar-refractivity contribution in [3.05, 3.63) is 23.3 Å². The van der Waals surface area contributed by atoms with Crippen LogP contribution in [0.4, 0.5) is 0 Å². The molecule has 2 saturated heterocycles. The summed E-state index contributed by atoms with van der Waals surface area (Å²) in [5, 5.41) is 9.82. The van der Waals surface area contributed by atoms with Crippen molar-refractivity contribution in [1.82, 2.24) is 19.8 Å². The minimum absolute atomic E-state index is 0.00777. The molecule has 0 unspecified atom stereocenters. The molecule has 3 heterocycles. The minimum Gasteiger partial charge on any atom is -0.394 e. The molecule has 25 heavy (non-hydrogen) atoms. The van der Waals surface area contributed by atoms with E-state index in [4.69, 9.17) is 0 Å². The third kappa shape index (κ3) is 3.01. The number of amides is 2. The number of aryl methyl sites for hydroxylation is 2. The van der Waals surface area contributed by atoms with Gasteiger partial charge in [0.15, 0.2) is 0 Å². The van der Waals surface area contributed by atoms with E-state index in [0.29, 0.717) is 36.6 Å². The number of likely N-dealkylation sites (tertiary alicyclic amines) is 2. The van der Waals surface area contributed by atoms with Crippen molar-refractivity contribution < 1.29 is 14.7 Å². The number of aliphatic hydroxyl groups excluding tert-OH is 1. The van der Waals surface area contributed by atoms with Gasteiger partial charge in [0.1, 0.15) is 5.82 Å². The van der Waals surface area contributed by atoms with Gasteiger partial charge < -0.3 is 14.9 Å². The smallest absolute Gasteiger partial charge is 0.257 e. The molecule has 7 nitrogen and oxygen atoms in total. The Labute approximate surface area is 148 Å². The molecule has 1 aromatic rings. The third-order valence-corrected chi connectivity index (χ3v) is 5.61. The lowest BCUT2D eigenvalue weighted by Gasteiger charge is -2.40. The van der Waals surface area contributed by atoms with E-state index < -0.39 is 5.54 Å². The molecular formula is C18H26N4O3. The summed E-state index contributed by atoms with van der Waals surface area (Å²) in [6.07, 6.45) is 3.04. The molecule has 136 valence electrons. The van der Waals surface area contributed by atoms with Gasteiger partial charge in [-0.05, 0) is 39.5 Å². The Kier molecular flexibility index (Phi) is 4.53. The standard InChI is InChI=1S/C18H26N4O3/c1-11-15(8-19-12(2)20-11)17(25)21-6-5-16-14(9-21)7-18(4,10-23)22(16)13(3)24/h8,14,16,23H,5-7,9-10H2,1-4H3/t14-,16-,18+/m0/s1. The molecule has 2 aliphatic rings. The molecule has 7 heteroatoms. The molecular weight excluding hydrogens is 320 g/mol. The Morgan fingerprint density at radius 2 is 2.12 bits per heavy atom. The Balaban J connectivity index is 1.80. The predicted molar refractivity (Wildman–Crippen MR) is 91.9 cm³/mol. The Hall–Kier alpha value is -2.02. The highest BCUT2D eigenvalue weighted by molar-refractivity contribution is 5.95. The highest BCUT2D eigenvalue weighted by atomic mass is 16.3. The maximum absolute atomic E-state index is 12.9. The van der Waals surface area contributed by atoms with Crippen molar-refractivity contribution in [1.29, 1.82) is 0 Å². The largest absolute Gasteiger partial charge is 0.394 e. The van der Waals surface area contributed by atoms with Crippen molar-refractivity contribution in [3.8, 4) is 0 Å². The zero-order valence-corrected chi connectivity index (χ0v) is 15.3. The van der Waals surface area contributed by atoms with Gasteiger partial charge >= 0.3 is 0 Å². The van der Waals surface area contributed by atoms with E-state index >= 15 is 0 Å². The molecule has 0 radical (unpaired) electrons. The number of piperidine rings is 1. The summed E-state index contributed by atoms with van der Waals surface area (Å²) < 4.78 is 0. The minimum atomic E-state index is -0.539. The van der Waals surface area contributed by atoms with Crippen LogP contribution in [0.5, 0.6) is 0 Å². The van der Waals surface area contributed by atoms with E-state index in [-0.39, 0.29) is 30.4 Å². The SMILES string of the molecule is CC(=O)N1[C@H]2CCN(C(=O)c3cnc(C)nc3C)C[C@@H]2C[C@]1(C)CO. The van der Waals surface area contributed by atoms with Crippen molar-refractivity contribution in [2.45, 2.75) is 52.1 Å². The van der Waals surface area contributed by atoms with E-state index in [2.05, 4.69) is 9.97 Å². The zero-order valence-electron chi connectivity index (χ0n) is 15.3. The van der Waals surface area contributed by atoms with Gasteiger partial charge in [0.2, 0.25) is 5.91 Å². The first-order valence-electron chi connectivity index (χ1n) is 8.77. The number of aliphatic hydroxyl groups is 1. The monoisotopic (exact) mass is 346 g/mol. The van der Waals surface area contributed by atoms with E-state index in [9.17, 15) is 14.7 Å². The molecule has 0 aromatic carbocycles. The van der Waals surface area contributed by atoms with Crippen LogP contribution < -0.4 is 0 Å². The molecule has 0 spiro atoms. The number of hydrogen-bond donors (Lipinski definition) is 1. The highest BCUT2D eigenvalue weighted by Crippen LogP contribution is 2.42. The Morgan fingerprint density at radius 1 is 1.40 bits per heavy atom. The maximum Gasteiger partial charge on any atom is 0.257 e. The van der Waals surface area contributed by atoms with Crippen LogP contribution in [0.1, 0.15) is 48.6 Å². The van der Waals surface area contributed by atoms with Gasteiger partial charge in [0.25, 0.3) is 5.91 Å². The lowest BCUT2D eigenvalue weighted by Crippen LogP contribution is -2.53. The number of hydrogen-bond acceptors (Lipinski definition) is 5. The number of fused-ring (bicyclic) bond motifs is 1. The average molecular weight is 346 g/mol. The van der Waals surface area contributed by atoms with Gasteiger partial charge in [-0.2, -0.15) is 0 Å². The Bertz CT molecular complexity index is 708. The molecule has 0 bridgehead atoms. The molecule has 1 N–H and O–H groups in total. The number of aromatic nitrogens is 2. The summed E-state index contributed by atoms with van der Waals surface area (Å²) in [6.45, 7) is 8.24. The number of nitrogens with zero attached hydrogens (tertiary/aromatic N) is 4. The number of carbonyl (C=O) groups is 2. The van der Waals surface area contributed by atoms with Gasteiger partial charge in [-0.25, -0.2) is 9.97 Å². The van der Waals surface area contributed by atoms with E-state index in [1.165, 1.54) is 0 Å². The van der Waals surface area contributed by atoms with Crippen LogP contribution in [0.3, 0.4) is 0 Å². The van der Waals surface area contributed by atoms with Gasteiger partial charge in [-0.3, -0.25) is 9.59 Å². The molecule has 2 amide bonds. The molecule has 0 aliphatic carbocycles. The van der Waals surface area contributed by atoms with Gasteiger partial charge in [-0.1, -0.05) is 0 Å². The lowest BCUT2D eigenvalue weighted by atomic mass is 9.89. The van der Waals surface area contributed by atoms with E-state index in [1.807, 2.05) is 23.6 Å². The van der Waals surface area contributed by atoms with Crippen LogP contribution in [0.25, 0.3) is 0 Å². The molecule has 3 rings (SSSR count). The third-order valence-electron chi connectivity index (χ3n) is 5.61. The summed E-state index contributed by atoms with van der Waals surface area (Å²) in [5.41, 5.74) is 0.690. The quantitative estimate of drug-likeness (QED) is 0.861. The second kappa shape index (κ2) is 6.37. The second-order valence-electron chi connectivity index (χ2n) is 7.53. The van der Waals surface area contributed by atoms with Gasteiger partial charge in [0, 0.05) is 32.3 Å². The van der Waals surface area contributed by atoms with Gasteiger partial charge in [-0.15, -0.1) is 0 Å². The molecule has 2 fully saturated rings. The summed E-state index contributed by atoms with van der Waals surface area (Å²) in [4.78, 5) is 37.1. The molecule has 2 aliphatic heterocycles. The summed E-state index contributed by atoms with van der Waals surface area (Å²) in [7, 11) is 0. The van der Waals surface area contributed by atoms with Crippen molar-refractivity contribution in [3.63, 3.8) is 0 Å². The fraction of sp³-hybridized carbons (Fsp3) is 0.667. The topological polar surface area (TPSA) is 86.6 Å². The van der Waals surface area contributed by atoms with Gasteiger partial charge in [0.05, 0.1) is 23.4 Å². The van der Waals surface area contributed by atoms with Crippen LogP contribution in [-0.2, 0) is 4.79 Å². The fourth-order valence-electron chi connectivity index (χ4n) is 4.53. The normalized spacial score (nSPS) is 28.8. The van der Waals surface area contributed by atoms with Crippen molar-refractivity contribution in [2.75, 3.05) is 19.7 Å². The molecule has 0 saturated carbocycles. The van der Waals surface area contributed by atoms with Crippen molar-refractivity contribution >= 4 is 11.8 Å². The summed E-state index contributed by atoms with van der Waals surface area (Å²) in [5.74, 6) is 0.777. The highest BCUT2D eigenvalue weighted by Gasteiger charge is 2.51. The predicted octanol–water partition coefficient (Wildman–Crippen LogP) is 0.927. The van der Waals surface area contributed by atoms with Crippen molar-refractivity contribution in [2.24, 2.45) is 5.92 Å². The summed E-state index contributed by atoms with van der Waals surface area (Å²) >= 11 is 0.